The fourth-order valence-electron chi connectivity index (χ4n) is 2.39. The van der Waals surface area contributed by atoms with Gasteiger partial charge in [0.25, 0.3) is 5.56 Å². The minimum atomic E-state index is -1.13. The van der Waals surface area contributed by atoms with Crippen LogP contribution in [0.3, 0.4) is 0 Å². The van der Waals surface area contributed by atoms with E-state index in [9.17, 15) is 9.59 Å². The number of aromatic amines is 1. The predicted molar refractivity (Wildman–Crippen MR) is 83.1 cm³/mol. The van der Waals surface area contributed by atoms with Crippen molar-refractivity contribution in [3.8, 4) is 16.9 Å². The maximum Gasteiger partial charge on any atom is 0.341 e. The minimum absolute atomic E-state index is 0.0206. The van der Waals surface area contributed by atoms with E-state index >= 15 is 0 Å². The smallest absolute Gasteiger partial charge is 0.341 e. The Morgan fingerprint density at radius 2 is 1.73 bits per heavy atom. The molecule has 3 rings (SSSR count). The van der Waals surface area contributed by atoms with Crippen LogP contribution in [0.4, 0.5) is 0 Å². The predicted octanol–water partition coefficient (Wildman–Crippen LogP) is 2.66. The molecule has 0 aliphatic rings. The third-order valence-electron chi connectivity index (χ3n) is 3.28. The van der Waals surface area contributed by atoms with Crippen molar-refractivity contribution in [1.82, 2.24) is 4.98 Å². The molecule has 0 saturated heterocycles. The van der Waals surface area contributed by atoms with Crippen LogP contribution < -0.4 is 10.3 Å². The van der Waals surface area contributed by atoms with Crippen LogP contribution in [0.15, 0.2) is 59.4 Å². The average molecular weight is 295 g/mol. The second-order valence-corrected chi connectivity index (χ2v) is 4.75. The number of aromatic nitrogens is 1. The normalized spacial score (nSPS) is 10.5. The third kappa shape index (κ3) is 2.56. The summed E-state index contributed by atoms with van der Waals surface area (Å²) in [6.07, 6.45) is 0. The molecule has 5 heteroatoms. The molecule has 0 atom stereocenters. The first-order valence-electron chi connectivity index (χ1n) is 6.72. The lowest BCUT2D eigenvalue weighted by molar-refractivity contribution is -0.139. The van der Waals surface area contributed by atoms with Gasteiger partial charge >= 0.3 is 5.97 Å². The molecule has 1 heterocycles. The first-order valence-corrected chi connectivity index (χ1v) is 6.72. The summed E-state index contributed by atoms with van der Waals surface area (Å²) in [5.41, 5.74) is 1.62. The lowest BCUT2D eigenvalue weighted by Gasteiger charge is -2.12. The Kier molecular flexibility index (Phi) is 3.62. The summed E-state index contributed by atoms with van der Waals surface area (Å²) in [4.78, 5) is 25.7. The number of aliphatic carboxylic acids is 1. The Morgan fingerprint density at radius 1 is 1.05 bits per heavy atom. The number of hydrogen-bond acceptors (Lipinski definition) is 3. The zero-order valence-electron chi connectivity index (χ0n) is 11.6. The Balaban J connectivity index is 2.30. The van der Waals surface area contributed by atoms with Gasteiger partial charge in [0.15, 0.2) is 12.4 Å². The van der Waals surface area contributed by atoms with Crippen LogP contribution in [0, 0.1) is 0 Å². The van der Waals surface area contributed by atoms with E-state index in [1.54, 1.807) is 6.07 Å². The average Bonchev–Trinajstić information content (AvgIpc) is 2.53. The van der Waals surface area contributed by atoms with Gasteiger partial charge in [-0.25, -0.2) is 4.79 Å². The monoisotopic (exact) mass is 295 g/mol. The van der Waals surface area contributed by atoms with Crippen LogP contribution in [0.5, 0.6) is 5.75 Å². The molecule has 0 unspecified atom stereocenters. The van der Waals surface area contributed by atoms with Crippen molar-refractivity contribution in [3.63, 3.8) is 0 Å². The summed E-state index contributed by atoms with van der Waals surface area (Å²) in [5.74, 6) is -1.11. The maximum absolute atomic E-state index is 12.3. The topological polar surface area (TPSA) is 79.4 Å². The van der Waals surface area contributed by atoms with Crippen LogP contribution >= 0.6 is 0 Å². The number of fused-ring (bicyclic) bond motifs is 1. The van der Waals surface area contributed by atoms with Crippen molar-refractivity contribution in [3.05, 3.63) is 65.0 Å². The molecule has 3 aromatic rings. The molecule has 110 valence electrons. The zero-order valence-corrected chi connectivity index (χ0v) is 11.6. The van der Waals surface area contributed by atoms with E-state index in [4.69, 9.17) is 9.84 Å². The highest BCUT2D eigenvalue weighted by Crippen LogP contribution is 2.33. The number of para-hydroxylation sites is 1. The van der Waals surface area contributed by atoms with Crippen LogP contribution in [0.25, 0.3) is 22.0 Å². The van der Waals surface area contributed by atoms with Gasteiger partial charge in [-0.05, 0) is 11.6 Å². The van der Waals surface area contributed by atoms with Crippen LogP contribution in [-0.4, -0.2) is 22.7 Å². The summed E-state index contributed by atoms with van der Waals surface area (Å²) in [6, 6.07) is 16.6. The van der Waals surface area contributed by atoms with Crippen LogP contribution in [-0.2, 0) is 4.79 Å². The molecule has 5 nitrogen and oxygen atoms in total. The molecule has 1 aromatic heterocycles. The van der Waals surface area contributed by atoms with E-state index in [1.807, 2.05) is 48.5 Å². The number of carboxylic acids is 1. The van der Waals surface area contributed by atoms with Gasteiger partial charge < -0.3 is 14.8 Å². The van der Waals surface area contributed by atoms with E-state index in [-0.39, 0.29) is 5.75 Å². The Morgan fingerprint density at radius 3 is 2.45 bits per heavy atom. The largest absolute Gasteiger partial charge is 0.479 e. The molecule has 0 spiro atoms. The number of carboxylic acid groups (broad SMARTS) is 1. The first kappa shape index (κ1) is 13.9. The summed E-state index contributed by atoms with van der Waals surface area (Å²) < 4.78 is 5.25. The lowest BCUT2D eigenvalue weighted by atomic mass is 10.0. The van der Waals surface area contributed by atoms with Crippen molar-refractivity contribution >= 4 is 16.9 Å². The standard InChI is InChI=1S/C17H13NO4/c19-14(20)10-22-16-15(11-6-2-1-3-7-11)12-8-4-5-9-13(12)18-17(16)21/h1-9H,10H2,(H,18,21)(H,19,20). The van der Waals surface area contributed by atoms with Crippen molar-refractivity contribution in [2.24, 2.45) is 0 Å². The second kappa shape index (κ2) is 5.73. The molecule has 0 aliphatic heterocycles. The first-order chi connectivity index (χ1) is 10.7. The van der Waals surface area contributed by atoms with Crippen molar-refractivity contribution < 1.29 is 14.6 Å². The highest BCUT2D eigenvalue weighted by molar-refractivity contribution is 5.97. The third-order valence-corrected chi connectivity index (χ3v) is 3.28. The van der Waals surface area contributed by atoms with Gasteiger partial charge in [0.2, 0.25) is 0 Å². The van der Waals surface area contributed by atoms with E-state index in [0.29, 0.717) is 11.1 Å². The number of hydrogen-bond donors (Lipinski definition) is 2. The zero-order chi connectivity index (χ0) is 15.5. The van der Waals surface area contributed by atoms with Gasteiger partial charge in [0.05, 0.1) is 0 Å². The molecule has 0 radical (unpaired) electrons. The molecule has 0 amide bonds. The second-order valence-electron chi connectivity index (χ2n) is 4.75. The highest BCUT2D eigenvalue weighted by atomic mass is 16.5. The number of carbonyl (C=O) groups is 1. The minimum Gasteiger partial charge on any atom is -0.479 e. The van der Waals surface area contributed by atoms with Gasteiger partial charge in [-0.15, -0.1) is 0 Å². The number of benzene rings is 2. The van der Waals surface area contributed by atoms with E-state index in [0.717, 1.165) is 10.9 Å². The van der Waals surface area contributed by atoms with Crippen molar-refractivity contribution in [2.45, 2.75) is 0 Å². The fraction of sp³-hybridized carbons (Fsp3) is 0.0588. The fourth-order valence-corrected chi connectivity index (χ4v) is 2.39. The van der Waals surface area contributed by atoms with Gasteiger partial charge in [-0.2, -0.15) is 0 Å². The lowest BCUT2D eigenvalue weighted by Crippen LogP contribution is -2.17. The number of nitrogens with one attached hydrogen (secondary N) is 1. The summed E-state index contributed by atoms with van der Waals surface area (Å²) >= 11 is 0. The molecule has 0 bridgehead atoms. The SMILES string of the molecule is O=C(O)COc1c(-c2ccccc2)c2ccccc2[nH]c1=O. The van der Waals surface area contributed by atoms with E-state index in [1.165, 1.54) is 0 Å². The van der Waals surface area contributed by atoms with Gasteiger partial charge in [-0.1, -0.05) is 48.5 Å². The molecular formula is C17H13NO4. The quantitative estimate of drug-likeness (QED) is 0.775. The van der Waals surface area contributed by atoms with Gasteiger partial charge in [0, 0.05) is 16.5 Å². The van der Waals surface area contributed by atoms with Crippen molar-refractivity contribution in [1.29, 1.82) is 0 Å². The molecule has 2 N–H and O–H groups in total. The van der Waals surface area contributed by atoms with Crippen LogP contribution in [0.2, 0.25) is 0 Å². The summed E-state index contributed by atoms with van der Waals surface area (Å²) in [7, 11) is 0. The van der Waals surface area contributed by atoms with E-state index in [2.05, 4.69) is 4.98 Å². The molecule has 22 heavy (non-hydrogen) atoms. The molecule has 0 saturated carbocycles. The maximum atomic E-state index is 12.3. The van der Waals surface area contributed by atoms with E-state index < -0.39 is 18.1 Å². The van der Waals surface area contributed by atoms with Crippen LogP contribution in [0.1, 0.15) is 0 Å². The molecule has 0 fully saturated rings. The molecule has 2 aromatic carbocycles. The van der Waals surface area contributed by atoms with Gasteiger partial charge in [-0.3, -0.25) is 4.79 Å². The molecule has 0 aliphatic carbocycles. The number of pyridine rings is 1. The summed E-state index contributed by atoms with van der Waals surface area (Å²) in [6.45, 7) is -0.568. The summed E-state index contributed by atoms with van der Waals surface area (Å²) in [5, 5.41) is 9.60. The Bertz CT molecular complexity index is 884. The highest BCUT2D eigenvalue weighted by Gasteiger charge is 2.16. The van der Waals surface area contributed by atoms with Crippen molar-refractivity contribution in [2.75, 3.05) is 6.61 Å². The molecular weight excluding hydrogens is 282 g/mol. The number of ether oxygens (including phenoxy) is 1. The Labute approximate surface area is 125 Å². The van der Waals surface area contributed by atoms with Gasteiger partial charge in [0.1, 0.15) is 0 Å². The Hall–Kier alpha value is -3.08. The number of H-pyrrole nitrogens is 1. The number of rotatable bonds is 4.